The zero-order chi connectivity index (χ0) is 24.7. The summed E-state index contributed by atoms with van der Waals surface area (Å²) in [5.74, 6) is 0.758. The molecule has 0 aliphatic carbocycles. The molecule has 2 heterocycles. The molecule has 0 radical (unpaired) electrons. The Kier molecular flexibility index (Phi) is 8.71. The van der Waals surface area contributed by atoms with E-state index in [-0.39, 0.29) is 11.4 Å². The highest BCUT2D eigenvalue weighted by Gasteiger charge is 2.38. The fourth-order valence-electron chi connectivity index (χ4n) is 3.39. The maximum absolute atomic E-state index is 12.9. The topological polar surface area (TPSA) is 96.9 Å². The Labute approximate surface area is 205 Å². The van der Waals surface area contributed by atoms with Gasteiger partial charge >= 0.3 is 12.1 Å². The molecular weight excluding hydrogens is 454 g/mol. The first kappa shape index (κ1) is 25.7. The number of carbonyl (C=O) groups excluding carboxylic acids is 2. The van der Waals surface area contributed by atoms with Crippen LogP contribution in [0.4, 0.5) is 20.4 Å². The van der Waals surface area contributed by atoms with Crippen LogP contribution in [0.5, 0.6) is 5.75 Å². The van der Waals surface area contributed by atoms with Crippen molar-refractivity contribution < 1.29 is 19.1 Å². The Hall–Kier alpha value is -2.88. The third-order valence-electron chi connectivity index (χ3n) is 5.40. The summed E-state index contributed by atoms with van der Waals surface area (Å²) in [6.07, 6.45) is 3.65. The summed E-state index contributed by atoms with van der Waals surface area (Å²) in [4.78, 5) is 28.5. The molecule has 0 spiro atoms. The lowest BCUT2D eigenvalue weighted by Crippen LogP contribution is -2.55. The van der Waals surface area contributed by atoms with Gasteiger partial charge in [-0.25, -0.2) is 14.5 Å². The number of benzene rings is 1. The fraction of sp³-hybridized carbons (Fsp3) is 0.583. The van der Waals surface area contributed by atoms with Crippen LogP contribution in [-0.2, 0) is 10.2 Å². The smallest absolute Gasteiger partial charge is 0.413 e. The zero-order valence-corrected chi connectivity index (χ0v) is 21.5. The van der Waals surface area contributed by atoms with Crippen LogP contribution in [-0.4, -0.2) is 53.6 Å². The summed E-state index contributed by atoms with van der Waals surface area (Å²) < 4.78 is 11.4. The van der Waals surface area contributed by atoms with E-state index < -0.39 is 12.3 Å². The van der Waals surface area contributed by atoms with Gasteiger partial charge in [0.15, 0.2) is 6.23 Å². The first-order valence-corrected chi connectivity index (χ1v) is 12.6. The predicted molar refractivity (Wildman–Crippen MR) is 134 cm³/mol. The zero-order valence-electron chi connectivity index (χ0n) is 20.7. The van der Waals surface area contributed by atoms with Gasteiger partial charge < -0.3 is 14.4 Å². The summed E-state index contributed by atoms with van der Waals surface area (Å²) in [5, 5.41) is 12.4. The highest BCUT2D eigenvalue weighted by molar-refractivity contribution is 7.15. The van der Waals surface area contributed by atoms with E-state index in [0.717, 1.165) is 23.6 Å². The third-order valence-corrected chi connectivity index (χ3v) is 6.75. The van der Waals surface area contributed by atoms with E-state index in [2.05, 4.69) is 22.4 Å². The summed E-state index contributed by atoms with van der Waals surface area (Å²) in [6.45, 7) is 9.43. The maximum atomic E-state index is 12.9. The number of aromatic nitrogens is 2. The molecule has 1 aliphatic rings. The molecule has 0 bridgehead atoms. The van der Waals surface area contributed by atoms with Crippen LogP contribution in [0, 0.1) is 0 Å². The summed E-state index contributed by atoms with van der Waals surface area (Å²) in [5.41, 5.74) is 0.389. The largest absolute Gasteiger partial charge is 0.494 e. The van der Waals surface area contributed by atoms with Crippen molar-refractivity contribution in [2.75, 3.05) is 30.4 Å². The first-order chi connectivity index (χ1) is 16.2. The molecule has 0 saturated carbocycles. The van der Waals surface area contributed by atoms with Gasteiger partial charge in [-0.1, -0.05) is 58.3 Å². The van der Waals surface area contributed by atoms with Crippen molar-refractivity contribution in [3.63, 3.8) is 0 Å². The average molecular weight is 490 g/mol. The molecule has 10 heteroatoms. The van der Waals surface area contributed by atoms with Crippen molar-refractivity contribution >= 4 is 34.3 Å². The number of rotatable bonds is 9. The lowest BCUT2D eigenvalue weighted by molar-refractivity contribution is 0.0841. The van der Waals surface area contributed by atoms with Crippen LogP contribution in [0.1, 0.15) is 64.8 Å². The molecule has 1 N–H and O–H groups in total. The second-order valence-corrected chi connectivity index (χ2v) is 10.4. The molecule has 2 aromatic rings. The summed E-state index contributed by atoms with van der Waals surface area (Å²) in [7, 11) is 1.71. The van der Waals surface area contributed by atoms with E-state index in [1.165, 1.54) is 29.1 Å². The number of hydrogen-bond donors (Lipinski definition) is 1. The van der Waals surface area contributed by atoms with Crippen molar-refractivity contribution in [2.24, 2.45) is 0 Å². The minimum absolute atomic E-state index is 0.195. The average Bonchev–Trinajstić information content (AvgIpc) is 3.28. The normalized spacial score (nSPS) is 16.5. The van der Waals surface area contributed by atoms with Gasteiger partial charge in [-0.05, 0) is 30.7 Å². The molecular formula is C24H35N5O4S. The second kappa shape index (κ2) is 11.5. The van der Waals surface area contributed by atoms with Gasteiger partial charge in [-0.15, -0.1) is 10.2 Å². The molecule has 1 aliphatic heterocycles. The number of carbonyl (C=O) groups is 2. The Morgan fingerprint density at radius 1 is 1.18 bits per heavy atom. The van der Waals surface area contributed by atoms with Crippen LogP contribution in [0.25, 0.3) is 0 Å². The third kappa shape index (κ3) is 6.82. The standard InChI is InChI=1S/C24H35N5O4S/c1-6-7-8-9-16-32-18-12-10-17(11-13-18)25-22(30)33-19-14-15-28(5)23(31)29(19)21-27-26-20(34-21)24(2,3)4/h10-13,19H,6-9,14-16H2,1-5H3,(H,25,30). The first-order valence-electron chi connectivity index (χ1n) is 11.8. The summed E-state index contributed by atoms with van der Waals surface area (Å²) >= 11 is 1.33. The van der Waals surface area contributed by atoms with E-state index in [1.807, 2.05) is 32.9 Å². The minimum Gasteiger partial charge on any atom is -0.494 e. The number of nitrogens with zero attached hydrogens (tertiary/aromatic N) is 4. The molecule has 1 unspecified atom stereocenters. The number of nitrogens with one attached hydrogen (secondary N) is 1. The predicted octanol–water partition coefficient (Wildman–Crippen LogP) is 5.63. The molecule has 9 nitrogen and oxygen atoms in total. The molecule has 1 atom stereocenters. The van der Waals surface area contributed by atoms with Gasteiger partial charge in [0, 0.05) is 31.1 Å². The molecule has 186 valence electrons. The fourth-order valence-corrected chi connectivity index (χ4v) is 4.33. The Bertz CT molecular complexity index is 957. The highest BCUT2D eigenvalue weighted by atomic mass is 32.1. The quantitative estimate of drug-likeness (QED) is 0.459. The number of urea groups is 1. The maximum Gasteiger partial charge on any atom is 0.413 e. The van der Waals surface area contributed by atoms with Crippen LogP contribution >= 0.6 is 11.3 Å². The number of ether oxygens (including phenoxy) is 2. The van der Waals surface area contributed by atoms with Gasteiger partial charge in [0.05, 0.1) is 6.61 Å². The van der Waals surface area contributed by atoms with E-state index >= 15 is 0 Å². The lowest BCUT2D eigenvalue weighted by atomic mass is 9.98. The van der Waals surface area contributed by atoms with Crippen molar-refractivity contribution in [3.8, 4) is 5.75 Å². The number of amides is 3. The Morgan fingerprint density at radius 3 is 2.56 bits per heavy atom. The molecule has 1 saturated heterocycles. The SMILES string of the molecule is CCCCCCOc1ccc(NC(=O)OC2CCN(C)C(=O)N2c2nnc(C(C)(C)C)s2)cc1. The Balaban J connectivity index is 1.60. The molecule has 3 amide bonds. The van der Waals surface area contributed by atoms with Crippen molar-refractivity contribution in [1.29, 1.82) is 0 Å². The van der Waals surface area contributed by atoms with Crippen molar-refractivity contribution in [3.05, 3.63) is 29.3 Å². The van der Waals surface area contributed by atoms with E-state index in [4.69, 9.17) is 9.47 Å². The number of anilines is 2. The highest BCUT2D eigenvalue weighted by Crippen LogP contribution is 2.33. The van der Waals surface area contributed by atoms with Crippen LogP contribution in [0.15, 0.2) is 24.3 Å². The van der Waals surface area contributed by atoms with Crippen molar-refractivity contribution in [1.82, 2.24) is 15.1 Å². The van der Waals surface area contributed by atoms with E-state index in [1.54, 1.807) is 24.1 Å². The number of hydrogen-bond acceptors (Lipinski definition) is 7. The molecule has 34 heavy (non-hydrogen) atoms. The van der Waals surface area contributed by atoms with Gasteiger partial charge in [0.1, 0.15) is 10.8 Å². The van der Waals surface area contributed by atoms with E-state index in [9.17, 15) is 9.59 Å². The molecule has 3 rings (SSSR count). The Morgan fingerprint density at radius 2 is 1.91 bits per heavy atom. The lowest BCUT2D eigenvalue weighted by Gasteiger charge is -2.37. The van der Waals surface area contributed by atoms with Gasteiger partial charge in [0.25, 0.3) is 0 Å². The van der Waals surface area contributed by atoms with Crippen LogP contribution in [0.3, 0.4) is 0 Å². The monoisotopic (exact) mass is 489 g/mol. The summed E-state index contributed by atoms with van der Waals surface area (Å²) in [6, 6.07) is 6.88. The molecule has 1 fully saturated rings. The molecule has 1 aromatic carbocycles. The van der Waals surface area contributed by atoms with Crippen LogP contribution in [0.2, 0.25) is 0 Å². The van der Waals surface area contributed by atoms with Crippen LogP contribution < -0.4 is 15.0 Å². The van der Waals surface area contributed by atoms with Gasteiger partial charge in [0.2, 0.25) is 5.13 Å². The van der Waals surface area contributed by atoms with Gasteiger partial charge in [-0.3, -0.25) is 5.32 Å². The van der Waals surface area contributed by atoms with Crippen molar-refractivity contribution in [2.45, 2.75) is 71.4 Å². The minimum atomic E-state index is -0.768. The second-order valence-electron chi connectivity index (χ2n) is 9.42. The number of unbranched alkanes of at least 4 members (excludes halogenated alkanes) is 3. The van der Waals surface area contributed by atoms with Gasteiger partial charge in [-0.2, -0.15) is 0 Å². The molecule has 1 aromatic heterocycles. The van der Waals surface area contributed by atoms with E-state index in [0.29, 0.717) is 30.4 Å².